The smallest absolute Gasteiger partial charge is 0.446 e. The van der Waals surface area contributed by atoms with Crippen molar-refractivity contribution < 1.29 is 122 Å². The van der Waals surface area contributed by atoms with Crippen molar-refractivity contribution in [2.45, 2.75) is 62.3 Å². The van der Waals surface area contributed by atoms with E-state index in [1.54, 1.807) is 0 Å². The highest BCUT2D eigenvalue weighted by Gasteiger charge is 2.32. The van der Waals surface area contributed by atoms with Gasteiger partial charge in [0.25, 0.3) is 0 Å². The van der Waals surface area contributed by atoms with Gasteiger partial charge in [-0.25, -0.2) is 0 Å². The summed E-state index contributed by atoms with van der Waals surface area (Å²) in [4.78, 5) is 118. The molecule has 4 rings (SSSR count). The second-order valence-corrected chi connectivity index (χ2v) is 21.6. The van der Waals surface area contributed by atoms with Crippen molar-refractivity contribution in [3.8, 4) is 23.0 Å². The Morgan fingerprint density at radius 1 is 0.365 bits per heavy atom. The lowest BCUT2D eigenvalue weighted by Gasteiger charge is -2.25. The molecule has 0 heterocycles. The Kier molecular flexibility index (Phi) is 24.5. The second kappa shape index (κ2) is 30.5. The van der Waals surface area contributed by atoms with Crippen LogP contribution in [0.3, 0.4) is 0 Å². The molecule has 0 aromatic heterocycles. The van der Waals surface area contributed by atoms with Crippen LogP contribution in [0.5, 0.6) is 23.0 Å². The molecule has 4 aromatic carbocycles. The predicted octanol–water partition coefficient (Wildman–Crippen LogP) is -4.14. The summed E-state index contributed by atoms with van der Waals surface area (Å²) in [6.07, 6.45) is -2.83. The van der Waals surface area contributed by atoms with Crippen LogP contribution < -0.4 is 59.7 Å². The molecule has 5 atom stereocenters. The first-order valence-electron chi connectivity index (χ1n) is 23.7. The molecule has 462 valence electrons. The molecular formula is C46H52N8O27S4. The van der Waals surface area contributed by atoms with Crippen LogP contribution in [0.2, 0.25) is 0 Å². The van der Waals surface area contributed by atoms with E-state index in [4.69, 9.17) is 29.1 Å². The highest BCUT2D eigenvalue weighted by atomic mass is 32.3. The number of carboxylic acid groups (broad SMARTS) is 2. The summed E-state index contributed by atoms with van der Waals surface area (Å²) in [5.74, 6) is -12.7. The van der Waals surface area contributed by atoms with Crippen LogP contribution >= 0.6 is 0 Å². The quantitative estimate of drug-likeness (QED) is 0.0201. The fraction of sp³-hybridized carbons (Fsp3) is 0.283. The number of hydrogen-bond acceptors (Lipinski definition) is 22. The Morgan fingerprint density at radius 2 is 0.659 bits per heavy atom. The lowest BCUT2D eigenvalue weighted by atomic mass is 10.0. The first-order valence-corrected chi connectivity index (χ1v) is 29.2. The third-order valence-electron chi connectivity index (χ3n) is 10.8. The van der Waals surface area contributed by atoms with E-state index in [9.17, 15) is 81.9 Å². The zero-order chi connectivity index (χ0) is 63.5. The van der Waals surface area contributed by atoms with Crippen molar-refractivity contribution in [3.05, 3.63) is 119 Å². The summed E-state index contributed by atoms with van der Waals surface area (Å²) in [7, 11) is -19.7. The highest BCUT2D eigenvalue weighted by Crippen LogP contribution is 2.19. The fourth-order valence-electron chi connectivity index (χ4n) is 7.16. The lowest BCUT2D eigenvalue weighted by Crippen LogP contribution is -2.58. The van der Waals surface area contributed by atoms with Crippen LogP contribution in [-0.2, 0) is 110 Å². The van der Waals surface area contributed by atoms with E-state index in [0.29, 0.717) is 5.56 Å². The summed E-state index contributed by atoms with van der Waals surface area (Å²) >= 11 is 0. The summed E-state index contributed by atoms with van der Waals surface area (Å²) in [5.41, 5.74) is 6.95. The van der Waals surface area contributed by atoms with Gasteiger partial charge in [-0.05, 0) is 77.2 Å². The first kappa shape index (κ1) is 68.4. The van der Waals surface area contributed by atoms with Crippen LogP contribution in [0, 0.1) is 0 Å². The van der Waals surface area contributed by atoms with Crippen molar-refractivity contribution in [3.63, 3.8) is 0 Å². The van der Waals surface area contributed by atoms with Crippen molar-refractivity contribution in [1.29, 1.82) is 0 Å². The topological polar surface area (TPSA) is 559 Å². The number of amides is 7. The van der Waals surface area contributed by atoms with Gasteiger partial charge in [-0.1, -0.05) is 48.5 Å². The molecule has 0 fully saturated rings. The number of carbonyl (C=O) groups excluding carboxylic acids is 7. The maximum absolute atomic E-state index is 14.0. The minimum Gasteiger partial charge on any atom is -0.481 e. The number of benzene rings is 4. The van der Waals surface area contributed by atoms with Crippen molar-refractivity contribution in [2.75, 3.05) is 19.6 Å². The number of nitrogens with two attached hydrogens (primary N) is 1. The Morgan fingerprint density at radius 3 is 1.00 bits per heavy atom. The van der Waals surface area contributed by atoms with Crippen LogP contribution in [0.1, 0.15) is 28.7 Å². The first-order chi connectivity index (χ1) is 39.5. The summed E-state index contributed by atoms with van der Waals surface area (Å²) in [5, 5.41) is 34.3. The molecule has 0 saturated heterocycles. The molecule has 0 spiro atoms. The van der Waals surface area contributed by atoms with E-state index in [1.165, 1.54) is 36.4 Å². The normalized spacial score (nSPS) is 13.3. The minimum atomic E-state index is -5.01. The molecule has 7 amide bonds. The average molecular weight is 1280 g/mol. The number of carboxylic acids is 2. The van der Waals surface area contributed by atoms with Crippen LogP contribution in [-0.4, -0.2) is 165 Å². The Labute approximate surface area is 482 Å². The van der Waals surface area contributed by atoms with E-state index in [2.05, 4.69) is 48.6 Å². The second-order valence-electron chi connectivity index (χ2n) is 17.6. The molecule has 85 heavy (non-hydrogen) atoms. The van der Waals surface area contributed by atoms with Gasteiger partial charge in [0.2, 0.25) is 41.4 Å². The lowest BCUT2D eigenvalue weighted by molar-refractivity contribution is -0.142. The van der Waals surface area contributed by atoms with Gasteiger partial charge in [0.05, 0.1) is 25.6 Å². The number of aliphatic carboxylic acids is 2. The van der Waals surface area contributed by atoms with E-state index in [-0.39, 0.29) is 41.0 Å². The van der Waals surface area contributed by atoms with Crippen LogP contribution in [0.15, 0.2) is 97.1 Å². The Bertz CT molecular complexity index is 3560. The van der Waals surface area contributed by atoms with E-state index in [0.717, 1.165) is 60.7 Å². The molecule has 0 aliphatic heterocycles. The van der Waals surface area contributed by atoms with Gasteiger partial charge >= 0.3 is 53.5 Å². The van der Waals surface area contributed by atoms with Gasteiger partial charge in [-0.3, -0.25) is 61.4 Å². The molecule has 0 radical (unpaired) electrons. The number of hydrogen-bond donors (Lipinski definition) is 14. The zero-order valence-electron chi connectivity index (χ0n) is 43.2. The molecule has 0 aliphatic rings. The minimum absolute atomic E-state index is 0.102. The summed E-state index contributed by atoms with van der Waals surface area (Å²) in [6.45, 7) is -2.84. The predicted molar refractivity (Wildman–Crippen MR) is 284 cm³/mol. The van der Waals surface area contributed by atoms with Crippen molar-refractivity contribution in [2.24, 2.45) is 5.73 Å². The van der Waals surface area contributed by atoms with Crippen LogP contribution in [0.4, 0.5) is 0 Å². The van der Waals surface area contributed by atoms with Gasteiger partial charge in [-0.2, -0.15) is 33.7 Å². The molecule has 0 saturated carbocycles. The van der Waals surface area contributed by atoms with Gasteiger partial charge in [-0.15, -0.1) is 0 Å². The summed E-state index contributed by atoms with van der Waals surface area (Å²) in [6, 6.07) is 9.78. The van der Waals surface area contributed by atoms with Crippen LogP contribution in [0.25, 0.3) is 0 Å². The fourth-order valence-corrected chi connectivity index (χ4v) is 8.58. The van der Waals surface area contributed by atoms with Gasteiger partial charge in [0.1, 0.15) is 53.7 Å². The van der Waals surface area contributed by atoms with Crippen molar-refractivity contribution >= 4 is 94.9 Å². The molecule has 15 N–H and O–H groups in total. The Balaban J connectivity index is 1.51. The van der Waals surface area contributed by atoms with E-state index in [1.807, 2.05) is 5.32 Å². The Hall–Kier alpha value is -9.09. The molecule has 4 aromatic rings. The van der Waals surface area contributed by atoms with E-state index < -0.39 is 175 Å². The number of rotatable bonds is 33. The maximum atomic E-state index is 14.0. The number of nitrogens with one attached hydrogen (secondary N) is 7. The largest absolute Gasteiger partial charge is 0.481 e. The van der Waals surface area contributed by atoms with Gasteiger partial charge in [0.15, 0.2) is 0 Å². The summed E-state index contributed by atoms with van der Waals surface area (Å²) < 4.78 is 143. The maximum Gasteiger partial charge on any atom is 0.446 e. The SMILES string of the molecule is N[C@@H](Cc1ccc(OS(=O)(=O)O)cc1)C(=O)N[C@@H](Cc1ccc(OS(=O)(=O)O)cc1)C(=O)NCC(=O)NCC(=O)N[C@@H](Cc1ccc(OS(=O)(=O)O)cc1)C(=O)N[C@@H](CC(=O)O)C(=O)N[C@@H](Cc1ccc(OS(=O)(=O)O)cc1)C(=O)NCC(=O)O. The standard InChI is InChI=1S/C46H52N8O27S4/c47-33(17-25-1-9-29(10-2-25)78-82(66,67)68)42(61)52-34(18-26-3-11-30(12-4-26)79-83(69,70)71)43(62)49-22-38(55)48-23-39(56)51-36(20-28-7-15-32(16-8-28)81-85(75,76)77)45(64)54-37(21-40(57)58)46(65)53-35(44(63)50-24-41(59)60)19-27-5-13-31(14-6-27)80-84(72,73)74/h1-16,33-37H,17-24,47H2,(H,48,55)(H,49,62)(H,50,63)(H,51,56)(H,52,61)(H,53,65)(H,54,64)(H,57,58)(H,59,60)(H,66,67,68)(H,69,70,71)(H,72,73,74)(H,75,76,77)/t33-,34-,35-,36-,37-/m0/s1. The van der Waals surface area contributed by atoms with Gasteiger partial charge in [0, 0.05) is 19.3 Å². The van der Waals surface area contributed by atoms with Gasteiger partial charge < -0.3 is 69.9 Å². The zero-order valence-corrected chi connectivity index (χ0v) is 46.5. The monoisotopic (exact) mass is 1280 g/mol. The van der Waals surface area contributed by atoms with Crippen molar-refractivity contribution in [1.82, 2.24) is 37.2 Å². The average Bonchev–Trinajstić information content (AvgIpc) is 3.57. The molecule has 39 heteroatoms. The highest BCUT2D eigenvalue weighted by molar-refractivity contribution is 7.82. The third-order valence-corrected chi connectivity index (χ3v) is 12.4. The molecule has 0 aliphatic carbocycles. The molecule has 0 unspecified atom stereocenters. The number of carbonyl (C=O) groups is 9. The molecule has 0 bridgehead atoms. The molecular weight excluding hydrogens is 1220 g/mol. The van der Waals surface area contributed by atoms with E-state index >= 15 is 0 Å². The molecule has 35 nitrogen and oxygen atoms in total. The third kappa shape index (κ3) is 26.8.